The number of hydrogen-bond acceptors (Lipinski definition) is 4. The minimum Gasteiger partial charge on any atom is -0.484 e. The second-order valence-electron chi connectivity index (χ2n) is 6.98. The van der Waals surface area contributed by atoms with Crippen LogP contribution in [0.1, 0.15) is 43.2 Å². The maximum absolute atomic E-state index is 12.1. The zero-order chi connectivity index (χ0) is 17.7. The van der Waals surface area contributed by atoms with Crippen LogP contribution in [0.25, 0.3) is 0 Å². The van der Waals surface area contributed by atoms with Gasteiger partial charge in [-0.05, 0) is 25.5 Å². The highest BCUT2D eigenvalue weighted by Gasteiger charge is 2.19. The van der Waals surface area contributed by atoms with E-state index in [4.69, 9.17) is 4.74 Å². The molecule has 1 aromatic carbocycles. The summed E-state index contributed by atoms with van der Waals surface area (Å²) in [7, 11) is 0. The largest absolute Gasteiger partial charge is 0.484 e. The van der Waals surface area contributed by atoms with Gasteiger partial charge in [-0.1, -0.05) is 38.5 Å². The van der Waals surface area contributed by atoms with Gasteiger partial charge < -0.3 is 10.1 Å². The fraction of sp³-hybridized carbons (Fsp3) is 0.421. The van der Waals surface area contributed by atoms with Gasteiger partial charge in [0.2, 0.25) is 0 Å². The lowest BCUT2D eigenvalue weighted by Crippen LogP contribution is -2.30. The van der Waals surface area contributed by atoms with Crippen molar-refractivity contribution in [2.24, 2.45) is 0 Å². The summed E-state index contributed by atoms with van der Waals surface area (Å²) in [5.41, 5.74) is 3.95. The molecule has 2 rings (SSSR count). The zero-order valence-electron chi connectivity index (χ0n) is 15.0. The Hall–Kier alpha value is -2.43. The van der Waals surface area contributed by atoms with E-state index >= 15 is 0 Å². The fourth-order valence-corrected chi connectivity index (χ4v) is 2.51. The first-order valence-corrected chi connectivity index (χ1v) is 8.03. The second kappa shape index (κ2) is 7.43. The number of carbonyl (C=O) groups excluding carboxylic acids is 1. The lowest BCUT2D eigenvalue weighted by molar-refractivity contribution is -0.123. The maximum Gasteiger partial charge on any atom is 0.258 e. The Labute approximate surface area is 143 Å². The molecule has 128 valence electrons. The molecule has 1 N–H and O–H groups in total. The van der Waals surface area contributed by atoms with Crippen LogP contribution in [0.3, 0.4) is 0 Å². The van der Waals surface area contributed by atoms with E-state index in [9.17, 15) is 4.79 Å². The first kappa shape index (κ1) is 17.9. The average Bonchev–Trinajstić information content (AvgIpc) is 2.51. The summed E-state index contributed by atoms with van der Waals surface area (Å²) in [4.78, 5) is 20.5. The van der Waals surface area contributed by atoms with Gasteiger partial charge in [0.05, 0.1) is 5.69 Å². The van der Waals surface area contributed by atoms with E-state index < -0.39 is 0 Å². The Morgan fingerprint density at radius 3 is 2.67 bits per heavy atom. The van der Waals surface area contributed by atoms with Gasteiger partial charge in [-0.15, -0.1) is 0 Å². The van der Waals surface area contributed by atoms with E-state index in [0.29, 0.717) is 6.54 Å². The summed E-state index contributed by atoms with van der Waals surface area (Å²) < 4.78 is 5.60. The summed E-state index contributed by atoms with van der Waals surface area (Å²) in [6.45, 7) is 10.6. The second-order valence-corrected chi connectivity index (χ2v) is 6.98. The van der Waals surface area contributed by atoms with Crippen molar-refractivity contribution in [3.05, 3.63) is 53.1 Å². The molecule has 2 aromatic rings. The fourth-order valence-electron chi connectivity index (χ4n) is 2.51. The standard InChI is InChI=1S/C19H25N3O2/c1-13-6-7-16(14(2)8-13)24-11-17(23)21-10-15-9-20-12-22-18(15)19(3,4)5/h6-9,12H,10-11H2,1-5H3,(H,21,23). The SMILES string of the molecule is Cc1ccc(OCC(=O)NCc2cncnc2C(C)(C)C)c(C)c1. The molecule has 0 atom stereocenters. The molecular weight excluding hydrogens is 302 g/mol. The van der Waals surface area contributed by atoms with Crippen LogP contribution in [-0.2, 0) is 16.8 Å². The van der Waals surface area contributed by atoms with E-state index in [1.54, 1.807) is 6.20 Å². The van der Waals surface area contributed by atoms with Crippen LogP contribution in [0.4, 0.5) is 0 Å². The van der Waals surface area contributed by atoms with Crippen LogP contribution < -0.4 is 10.1 Å². The third kappa shape index (κ3) is 4.78. The van der Waals surface area contributed by atoms with E-state index in [2.05, 4.69) is 36.1 Å². The number of rotatable bonds is 5. The topological polar surface area (TPSA) is 64.1 Å². The molecule has 1 heterocycles. The Morgan fingerprint density at radius 2 is 2.00 bits per heavy atom. The smallest absolute Gasteiger partial charge is 0.258 e. The van der Waals surface area contributed by atoms with Crippen molar-refractivity contribution in [1.82, 2.24) is 15.3 Å². The van der Waals surface area contributed by atoms with Gasteiger partial charge in [-0.3, -0.25) is 4.79 Å². The molecule has 1 amide bonds. The van der Waals surface area contributed by atoms with Crippen molar-refractivity contribution in [2.75, 3.05) is 6.61 Å². The number of nitrogens with one attached hydrogen (secondary N) is 1. The van der Waals surface area contributed by atoms with Crippen molar-refractivity contribution in [3.63, 3.8) is 0 Å². The molecule has 0 saturated heterocycles. The molecule has 0 saturated carbocycles. The molecule has 0 spiro atoms. The van der Waals surface area contributed by atoms with Crippen LogP contribution in [0.2, 0.25) is 0 Å². The number of aryl methyl sites for hydroxylation is 2. The predicted octanol–water partition coefficient (Wildman–Crippen LogP) is 3.09. The minimum atomic E-state index is -0.168. The van der Waals surface area contributed by atoms with Gasteiger partial charge in [0.25, 0.3) is 5.91 Å². The van der Waals surface area contributed by atoms with Gasteiger partial charge in [0, 0.05) is 23.7 Å². The first-order chi connectivity index (χ1) is 11.3. The average molecular weight is 327 g/mol. The third-order valence-corrected chi connectivity index (χ3v) is 3.66. The number of ether oxygens (including phenoxy) is 1. The summed E-state index contributed by atoms with van der Waals surface area (Å²) >= 11 is 0. The summed E-state index contributed by atoms with van der Waals surface area (Å²) in [6, 6.07) is 5.89. The highest BCUT2D eigenvalue weighted by molar-refractivity contribution is 5.77. The molecule has 5 heteroatoms. The predicted molar refractivity (Wildman–Crippen MR) is 94.0 cm³/mol. The molecular formula is C19H25N3O2. The van der Waals surface area contributed by atoms with Gasteiger partial charge in [0.15, 0.2) is 6.61 Å². The molecule has 1 aromatic heterocycles. The number of aromatic nitrogens is 2. The Kier molecular flexibility index (Phi) is 5.54. The van der Waals surface area contributed by atoms with E-state index in [1.807, 2.05) is 32.0 Å². The van der Waals surface area contributed by atoms with Crippen molar-refractivity contribution >= 4 is 5.91 Å². The van der Waals surface area contributed by atoms with Crippen LogP contribution >= 0.6 is 0 Å². The Morgan fingerprint density at radius 1 is 1.25 bits per heavy atom. The van der Waals surface area contributed by atoms with Gasteiger partial charge in [0.1, 0.15) is 12.1 Å². The monoisotopic (exact) mass is 327 g/mol. The summed E-state index contributed by atoms with van der Waals surface area (Å²) in [5, 5.41) is 2.87. The van der Waals surface area contributed by atoms with E-state index in [1.165, 1.54) is 11.9 Å². The molecule has 0 aliphatic carbocycles. The molecule has 0 bridgehead atoms. The lowest BCUT2D eigenvalue weighted by atomic mass is 9.89. The maximum atomic E-state index is 12.1. The van der Waals surface area contributed by atoms with E-state index in [0.717, 1.165) is 22.6 Å². The molecule has 0 fully saturated rings. The summed E-state index contributed by atoms with van der Waals surface area (Å²) in [5.74, 6) is 0.563. The quantitative estimate of drug-likeness (QED) is 0.916. The van der Waals surface area contributed by atoms with Gasteiger partial charge in [-0.25, -0.2) is 9.97 Å². The van der Waals surface area contributed by atoms with Crippen LogP contribution in [0.15, 0.2) is 30.7 Å². The molecule has 0 aliphatic heterocycles. The molecule has 24 heavy (non-hydrogen) atoms. The first-order valence-electron chi connectivity index (χ1n) is 8.03. The summed E-state index contributed by atoms with van der Waals surface area (Å²) in [6.07, 6.45) is 3.29. The molecule has 0 aliphatic rings. The molecule has 0 radical (unpaired) electrons. The van der Waals surface area contributed by atoms with Gasteiger partial charge in [-0.2, -0.15) is 0 Å². The van der Waals surface area contributed by atoms with Crippen molar-refractivity contribution in [3.8, 4) is 5.75 Å². The van der Waals surface area contributed by atoms with Crippen molar-refractivity contribution < 1.29 is 9.53 Å². The van der Waals surface area contributed by atoms with Crippen molar-refractivity contribution in [1.29, 1.82) is 0 Å². The minimum absolute atomic E-state index is 0.0115. The number of benzene rings is 1. The number of amides is 1. The van der Waals surface area contributed by atoms with E-state index in [-0.39, 0.29) is 17.9 Å². The van der Waals surface area contributed by atoms with Crippen LogP contribution in [0.5, 0.6) is 5.75 Å². The van der Waals surface area contributed by atoms with Gasteiger partial charge >= 0.3 is 0 Å². The Bertz CT molecular complexity index is 721. The molecule has 5 nitrogen and oxygen atoms in total. The highest BCUT2D eigenvalue weighted by atomic mass is 16.5. The lowest BCUT2D eigenvalue weighted by Gasteiger charge is -2.21. The normalized spacial score (nSPS) is 11.2. The number of hydrogen-bond donors (Lipinski definition) is 1. The Balaban J connectivity index is 1.92. The van der Waals surface area contributed by atoms with Crippen LogP contribution in [-0.4, -0.2) is 22.5 Å². The molecule has 0 unspecified atom stereocenters. The third-order valence-electron chi connectivity index (χ3n) is 3.66. The highest BCUT2D eigenvalue weighted by Crippen LogP contribution is 2.22. The van der Waals surface area contributed by atoms with Crippen LogP contribution in [0, 0.1) is 13.8 Å². The zero-order valence-corrected chi connectivity index (χ0v) is 15.0. The van der Waals surface area contributed by atoms with Crippen molar-refractivity contribution in [2.45, 2.75) is 46.6 Å². The number of carbonyl (C=O) groups is 1. The number of nitrogens with zero attached hydrogens (tertiary/aromatic N) is 2.